The Morgan fingerprint density at radius 1 is 1.75 bits per heavy atom. The van der Waals surface area contributed by atoms with Gasteiger partial charge >= 0.3 is 0 Å². The number of hydrogen-bond donors (Lipinski definition) is 0. The quantitative estimate of drug-likeness (QED) is 0.743. The van der Waals surface area contributed by atoms with E-state index in [1.807, 2.05) is 6.07 Å². The third-order valence-electron chi connectivity index (χ3n) is 2.02. The van der Waals surface area contributed by atoms with Crippen LogP contribution in [0.1, 0.15) is 11.7 Å². The van der Waals surface area contributed by atoms with E-state index in [2.05, 4.69) is 26.7 Å². The Labute approximate surface area is 81.3 Å². The molecule has 0 N–H and O–H groups in total. The fourth-order valence-electron chi connectivity index (χ4n) is 1.26. The van der Waals surface area contributed by atoms with E-state index < -0.39 is 5.97 Å². The molecule has 0 spiro atoms. The van der Waals surface area contributed by atoms with Gasteiger partial charge in [0.15, 0.2) is 5.38 Å². The van der Waals surface area contributed by atoms with Crippen LogP contribution in [0.15, 0.2) is 21.3 Å². The fourth-order valence-corrected chi connectivity index (χ4v) is 4.23. The fraction of sp³-hybridized carbons (Fsp3) is 0.375. The summed E-state index contributed by atoms with van der Waals surface area (Å²) < 4.78 is 1.06. The minimum atomic E-state index is -0.891. The monoisotopic (exact) mass is 246 g/mol. The van der Waals surface area contributed by atoms with Gasteiger partial charge in [-0.2, -0.15) is 0 Å². The minimum Gasteiger partial charge on any atom is -0.550 e. The highest BCUT2D eigenvalue weighted by atomic mass is 79.9. The summed E-state index contributed by atoms with van der Waals surface area (Å²) in [5.74, 6) is -1.09. The van der Waals surface area contributed by atoms with Crippen molar-refractivity contribution in [1.29, 1.82) is 0 Å². The van der Waals surface area contributed by atoms with Crippen LogP contribution in [0.25, 0.3) is 0 Å². The molecular weight excluding hydrogens is 240 g/mol. The first-order chi connectivity index (χ1) is 5.68. The molecule has 1 aliphatic carbocycles. The molecule has 1 fully saturated rings. The number of aliphatic carboxylic acids is 1. The molecule has 12 heavy (non-hydrogen) atoms. The van der Waals surface area contributed by atoms with E-state index in [9.17, 15) is 9.90 Å². The van der Waals surface area contributed by atoms with Crippen molar-refractivity contribution in [3.05, 3.63) is 21.3 Å². The summed E-state index contributed by atoms with van der Waals surface area (Å²) in [6.07, 6.45) is 0.784. The van der Waals surface area contributed by atoms with E-state index in [0.29, 0.717) is 5.25 Å². The maximum absolute atomic E-state index is 10.4. The highest BCUT2D eigenvalue weighted by Gasteiger charge is 2.47. The lowest BCUT2D eigenvalue weighted by Crippen LogP contribution is -2.24. The highest BCUT2D eigenvalue weighted by molar-refractivity contribution is 9.10. The molecule has 0 amide bonds. The van der Waals surface area contributed by atoms with E-state index in [0.717, 1.165) is 10.9 Å². The van der Waals surface area contributed by atoms with Gasteiger partial charge in [0.25, 0.3) is 0 Å². The van der Waals surface area contributed by atoms with Crippen molar-refractivity contribution in [2.45, 2.75) is 11.7 Å². The molecule has 0 aliphatic heterocycles. The molecule has 64 valence electrons. The number of thiophene rings is 1. The predicted molar refractivity (Wildman–Crippen MR) is 48.8 cm³/mol. The van der Waals surface area contributed by atoms with E-state index in [1.54, 1.807) is 0 Å². The van der Waals surface area contributed by atoms with Gasteiger partial charge in [-0.15, -0.1) is 0 Å². The average Bonchev–Trinajstić information content (AvgIpc) is 2.70. The molecule has 0 aromatic carbocycles. The number of halogens is 1. The number of carbonyl (C=O) groups is 1. The van der Waals surface area contributed by atoms with E-state index >= 15 is 0 Å². The first-order valence-corrected chi connectivity index (χ1v) is 5.86. The molecule has 2 nitrogen and oxygen atoms in total. The van der Waals surface area contributed by atoms with Crippen molar-refractivity contribution in [2.24, 2.45) is 5.92 Å². The topological polar surface area (TPSA) is 40.1 Å². The summed E-state index contributed by atoms with van der Waals surface area (Å²) in [6.45, 7) is 0. The number of carboxylic acid groups (broad SMARTS) is 1. The molecule has 0 saturated heterocycles. The first kappa shape index (κ1) is 8.26. The Balaban J connectivity index is 2.10. The van der Waals surface area contributed by atoms with Gasteiger partial charge in [0, 0.05) is 12.5 Å². The van der Waals surface area contributed by atoms with Gasteiger partial charge in [0.2, 0.25) is 0 Å². The second-order valence-electron chi connectivity index (χ2n) is 2.91. The molecule has 1 aromatic rings. The van der Waals surface area contributed by atoms with Crippen LogP contribution in [0.5, 0.6) is 0 Å². The van der Waals surface area contributed by atoms with Crippen LogP contribution in [0.4, 0.5) is 0 Å². The number of rotatable bonds is 2. The van der Waals surface area contributed by atoms with Crippen molar-refractivity contribution >= 4 is 32.4 Å². The highest BCUT2D eigenvalue weighted by Crippen LogP contribution is 2.55. The molecule has 1 heterocycles. The minimum absolute atomic E-state index is 0.0411. The summed E-state index contributed by atoms with van der Waals surface area (Å²) in [5.41, 5.74) is 0. The van der Waals surface area contributed by atoms with Crippen LogP contribution in [0, 0.1) is 5.92 Å². The first-order valence-electron chi connectivity index (χ1n) is 3.65. The van der Waals surface area contributed by atoms with Crippen LogP contribution in [0.3, 0.4) is 0 Å². The lowest BCUT2D eigenvalue weighted by Gasteiger charge is -1.92. The maximum atomic E-state index is 10.4. The molecule has 1 aromatic heterocycles. The zero-order valence-corrected chi connectivity index (χ0v) is 8.60. The second kappa shape index (κ2) is 2.85. The Kier molecular flexibility index (Phi) is 1.96. The molecule has 1 aliphatic rings. The Bertz CT molecular complexity index is 321. The van der Waals surface area contributed by atoms with Gasteiger partial charge in [-0.1, -0.05) is 0 Å². The standard InChI is InChI=1S/C8H7BrO2S/c9-5-1-2-12(4-5)7-3-6(7)8(10)11/h1-2,4,6-7H,3H2/t6-,7-,12?/m1/s1. The van der Waals surface area contributed by atoms with E-state index in [-0.39, 0.29) is 16.4 Å². The van der Waals surface area contributed by atoms with Crippen molar-refractivity contribution in [3.63, 3.8) is 0 Å². The van der Waals surface area contributed by atoms with Crippen molar-refractivity contribution in [3.8, 4) is 0 Å². The molecule has 2 rings (SSSR count). The molecule has 1 saturated carbocycles. The molecule has 1 unspecified atom stereocenters. The zero-order valence-electron chi connectivity index (χ0n) is 6.20. The van der Waals surface area contributed by atoms with Gasteiger partial charge < -0.3 is 9.90 Å². The van der Waals surface area contributed by atoms with Gasteiger partial charge in [0.05, 0.1) is 16.4 Å². The Morgan fingerprint density at radius 3 is 2.92 bits per heavy atom. The van der Waals surface area contributed by atoms with E-state index in [1.165, 1.54) is 0 Å². The normalized spacial score (nSPS) is 28.6. The Hall–Kier alpha value is -0.350. The second-order valence-corrected chi connectivity index (χ2v) is 5.76. The summed E-state index contributed by atoms with van der Waals surface area (Å²) in [5, 5.41) is 14.9. The van der Waals surface area contributed by atoms with E-state index in [4.69, 9.17) is 0 Å². The van der Waals surface area contributed by atoms with Gasteiger partial charge in [-0.05, 0) is 26.4 Å². The summed E-state index contributed by atoms with van der Waals surface area (Å²) in [6, 6.07) is 1.98. The van der Waals surface area contributed by atoms with Crippen LogP contribution in [-0.4, -0.2) is 5.97 Å². The van der Waals surface area contributed by atoms with Crippen LogP contribution in [0.2, 0.25) is 0 Å². The van der Waals surface area contributed by atoms with Crippen LogP contribution in [-0.2, 0) is 4.79 Å². The lowest BCUT2D eigenvalue weighted by atomic mass is 10.4. The number of carboxylic acids is 1. The SMILES string of the molecule is O=C([O-])[C@@H]1C[C@H]1[s+]1ccc(Br)c1. The van der Waals surface area contributed by atoms with Gasteiger partial charge in [-0.25, -0.2) is 0 Å². The molecule has 0 bridgehead atoms. The molecular formula is C8H7BrO2S. The van der Waals surface area contributed by atoms with Gasteiger partial charge in [-0.3, -0.25) is 0 Å². The number of carbonyl (C=O) groups excluding carboxylic acids is 1. The molecule has 3 atom stereocenters. The third kappa shape index (κ3) is 1.41. The smallest absolute Gasteiger partial charge is 0.152 e. The van der Waals surface area contributed by atoms with Crippen molar-refractivity contribution in [1.82, 2.24) is 0 Å². The maximum Gasteiger partial charge on any atom is 0.152 e. The molecule has 0 radical (unpaired) electrons. The van der Waals surface area contributed by atoms with Crippen LogP contribution >= 0.6 is 26.4 Å². The predicted octanol–water partition coefficient (Wildman–Crippen LogP) is 1.51. The van der Waals surface area contributed by atoms with Crippen LogP contribution < -0.4 is 5.11 Å². The zero-order chi connectivity index (χ0) is 8.72. The summed E-state index contributed by atoms with van der Waals surface area (Å²) in [7, 11) is 0.0411. The van der Waals surface area contributed by atoms with Gasteiger partial charge in [0.1, 0.15) is 10.6 Å². The largest absolute Gasteiger partial charge is 0.550 e. The number of hydrogen-bond acceptors (Lipinski definition) is 2. The van der Waals surface area contributed by atoms with Crippen molar-refractivity contribution in [2.75, 3.05) is 0 Å². The molecule has 4 heteroatoms. The summed E-state index contributed by atoms with van der Waals surface area (Å²) in [4.78, 5) is 10.4. The van der Waals surface area contributed by atoms with Crippen molar-refractivity contribution < 1.29 is 9.90 Å². The Morgan fingerprint density at radius 2 is 2.50 bits per heavy atom. The third-order valence-corrected chi connectivity index (χ3v) is 5.01. The lowest BCUT2D eigenvalue weighted by molar-refractivity contribution is -0.307. The average molecular weight is 247 g/mol. The summed E-state index contributed by atoms with van der Waals surface area (Å²) >= 11 is 3.35.